The van der Waals surface area contributed by atoms with Crippen LogP contribution in [0, 0.1) is 20.8 Å². The predicted molar refractivity (Wildman–Crippen MR) is 98.2 cm³/mol. The molecule has 0 spiro atoms. The fraction of sp³-hybridized carbons (Fsp3) is 0.143. The van der Waals surface area contributed by atoms with E-state index in [-0.39, 0.29) is 0 Å². The van der Waals surface area contributed by atoms with E-state index in [2.05, 4.69) is 93.6 Å². The first-order valence-corrected chi connectivity index (χ1v) is 12.0. The summed E-state index contributed by atoms with van der Waals surface area (Å²) in [7, 11) is 0. The first-order chi connectivity index (χ1) is 10.7. The monoisotopic (exact) mass is 393 g/mol. The average Bonchev–Trinajstić information content (AvgIpc) is 2.57. The number of hydrogen-bond donors (Lipinski definition) is 0. The maximum atomic E-state index is 2.38. The molecule has 0 amide bonds. The van der Waals surface area contributed by atoms with Gasteiger partial charge in [0.25, 0.3) is 0 Å². The first kappa shape index (κ1) is 15.4. The molecule has 109 valence electrons. The molecule has 3 aromatic rings. The standard InChI is InChI=1S/C9H11.2C6H5.Sn/c1-7-5-4-6-8(2)9(7)3;2*1-2-4-6-5-3-1;/h4-5H,1-3H3;2*1-5H;. The quantitative estimate of drug-likeness (QED) is 0.601. The van der Waals surface area contributed by atoms with Crippen LogP contribution in [0.3, 0.4) is 0 Å². The molecule has 3 aromatic carbocycles. The number of rotatable bonds is 3. The van der Waals surface area contributed by atoms with Gasteiger partial charge in [0.2, 0.25) is 0 Å². The van der Waals surface area contributed by atoms with Gasteiger partial charge in [-0.3, -0.25) is 0 Å². The molecule has 0 atom stereocenters. The van der Waals surface area contributed by atoms with Crippen molar-refractivity contribution in [3.8, 4) is 0 Å². The topological polar surface area (TPSA) is 0 Å². The van der Waals surface area contributed by atoms with Crippen LogP contribution in [-0.2, 0) is 0 Å². The van der Waals surface area contributed by atoms with Crippen LogP contribution in [0.15, 0.2) is 72.8 Å². The number of benzene rings is 3. The van der Waals surface area contributed by atoms with E-state index in [0.717, 1.165) is 0 Å². The van der Waals surface area contributed by atoms with Crippen molar-refractivity contribution in [2.24, 2.45) is 0 Å². The summed E-state index contributed by atoms with van der Waals surface area (Å²) < 4.78 is 4.69. The summed E-state index contributed by atoms with van der Waals surface area (Å²) in [5.74, 6) is 0. The molecular weight excluding hydrogens is 371 g/mol. The van der Waals surface area contributed by atoms with E-state index in [0.29, 0.717) is 0 Å². The summed E-state index contributed by atoms with van der Waals surface area (Å²) in [5.41, 5.74) is 4.33. The molecular formula is C21H21Sn. The van der Waals surface area contributed by atoms with E-state index < -0.39 is 19.8 Å². The van der Waals surface area contributed by atoms with Gasteiger partial charge in [-0.25, -0.2) is 0 Å². The molecule has 0 heterocycles. The Balaban J connectivity index is 2.21. The van der Waals surface area contributed by atoms with Crippen molar-refractivity contribution >= 4 is 30.5 Å². The van der Waals surface area contributed by atoms with Crippen LogP contribution in [0.4, 0.5) is 0 Å². The van der Waals surface area contributed by atoms with Crippen molar-refractivity contribution in [1.29, 1.82) is 0 Å². The second kappa shape index (κ2) is 6.70. The Morgan fingerprint density at radius 1 is 0.545 bits per heavy atom. The summed E-state index contributed by atoms with van der Waals surface area (Å²) in [6.07, 6.45) is 0. The van der Waals surface area contributed by atoms with Crippen molar-refractivity contribution in [2.75, 3.05) is 0 Å². The van der Waals surface area contributed by atoms with Crippen molar-refractivity contribution in [3.05, 3.63) is 89.5 Å². The summed E-state index contributed by atoms with van der Waals surface area (Å²) in [6, 6.07) is 26.9. The van der Waals surface area contributed by atoms with Crippen LogP contribution >= 0.6 is 0 Å². The zero-order chi connectivity index (χ0) is 15.5. The van der Waals surface area contributed by atoms with Gasteiger partial charge in [-0.15, -0.1) is 0 Å². The zero-order valence-corrected chi connectivity index (χ0v) is 16.3. The Morgan fingerprint density at radius 2 is 1.05 bits per heavy atom. The Kier molecular flexibility index (Phi) is 4.68. The molecule has 0 saturated carbocycles. The van der Waals surface area contributed by atoms with Gasteiger partial charge in [0.1, 0.15) is 0 Å². The molecule has 0 bridgehead atoms. The molecule has 22 heavy (non-hydrogen) atoms. The van der Waals surface area contributed by atoms with Crippen LogP contribution in [-0.4, -0.2) is 19.8 Å². The molecule has 3 rings (SSSR count). The summed E-state index contributed by atoms with van der Waals surface area (Å²) in [5, 5.41) is 0. The van der Waals surface area contributed by atoms with Crippen molar-refractivity contribution in [2.45, 2.75) is 20.8 Å². The van der Waals surface area contributed by atoms with Crippen LogP contribution in [0.5, 0.6) is 0 Å². The van der Waals surface area contributed by atoms with Crippen LogP contribution in [0.2, 0.25) is 0 Å². The van der Waals surface area contributed by atoms with Crippen LogP contribution < -0.4 is 10.7 Å². The van der Waals surface area contributed by atoms with Gasteiger partial charge in [-0.05, 0) is 0 Å². The molecule has 0 aliphatic heterocycles. The van der Waals surface area contributed by atoms with Gasteiger partial charge in [-0.1, -0.05) is 0 Å². The van der Waals surface area contributed by atoms with Crippen molar-refractivity contribution < 1.29 is 0 Å². The Labute approximate surface area is 140 Å². The van der Waals surface area contributed by atoms with E-state index in [4.69, 9.17) is 0 Å². The molecule has 1 radical (unpaired) electrons. The predicted octanol–water partition coefficient (Wildman–Crippen LogP) is 3.13. The zero-order valence-electron chi connectivity index (χ0n) is 13.4. The van der Waals surface area contributed by atoms with Gasteiger partial charge in [-0.2, -0.15) is 0 Å². The van der Waals surface area contributed by atoms with Gasteiger partial charge in [0, 0.05) is 0 Å². The molecule has 0 aliphatic rings. The Morgan fingerprint density at radius 3 is 1.55 bits per heavy atom. The van der Waals surface area contributed by atoms with Gasteiger partial charge in [0.05, 0.1) is 0 Å². The third-order valence-corrected chi connectivity index (χ3v) is 12.7. The molecule has 0 aliphatic carbocycles. The maximum absolute atomic E-state index is 2.38. The normalized spacial score (nSPS) is 10.9. The third kappa shape index (κ3) is 2.98. The van der Waals surface area contributed by atoms with E-state index in [1.54, 1.807) is 10.7 Å². The Hall–Kier alpha value is -1.54. The molecule has 0 unspecified atom stereocenters. The van der Waals surface area contributed by atoms with E-state index in [9.17, 15) is 0 Å². The summed E-state index contributed by atoms with van der Waals surface area (Å²) >= 11 is -2.10. The molecule has 1 heteroatoms. The summed E-state index contributed by atoms with van der Waals surface area (Å²) in [6.45, 7) is 6.76. The Bertz CT molecular complexity index is 721. The molecule has 0 saturated heterocycles. The molecule has 0 fully saturated rings. The fourth-order valence-corrected chi connectivity index (χ4v) is 11.0. The molecule has 0 nitrogen and oxygen atoms in total. The van der Waals surface area contributed by atoms with Crippen molar-refractivity contribution in [1.82, 2.24) is 0 Å². The SMILES string of the molecule is Cc1cc[c]([Sn]([c]2ccccc2)[c]2ccccc2)c(C)c1C. The summed E-state index contributed by atoms with van der Waals surface area (Å²) in [4.78, 5) is 0. The van der Waals surface area contributed by atoms with E-state index in [1.165, 1.54) is 16.7 Å². The first-order valence-electron chi connectivity index (χ1n) is 7.73. The van der Waals surface area contributed by atoms with E-state index >= 15 is 0 Å². The van der Waals surface area contributed by atoms with Crippen LogP contribution in [0.1, 0.15) is 16.7 Å². The van der Waals surface area contributed by atoms with Gasteiger partial charge < -0.3 is 0 Å². The third-order valence-electron chi connectivity index (χ3n) is 4.45. The minimum atomic E-state index is -2.10. The number of aryl methyl sites for hydroxylation is 1. The van der Waals surface area contributed by atoms with Crippen molar-refractivity contribution in [3.63, 3.8) is 0 Å². The second-order valence-electron chi connectivity index (χ2n) is 5.79. The average molecular weight is 392 g/mol. The minimum absolute atomic E-state index is 1.39. The molecule has 0 aromatic heterocycles. The van der Waals surface area contributed by atoms with E-state index in [1.807, 2.05) is 0 Å². The van der Waals surface area contributed by atoms with Gasteiger partial charge in [0.15, 0.2) is 0 Å². The van der Waals surface area contributed by atoms with Gasteiger partial charge >= 0.3 is 141 Å². The number of hydrogen-bond acceptors (Lipinski definition) is 0. The fourth-order valence-electron chi connectivity index (χ4n) is 2.91. The van der Waals surface area contributed by atoms with Crippen LogP contribution in [0.25, 0.3) is 0 Å². The molecule has 0 N–H and O–H groups in total. The second-order valence-corrected chi connectivity index (χ2v) is 12.8.